The average Bonchev–Trinajstić information content (AvgIpc) is 2.22. The monoisotopic (exact) mass is 296 g/mol. The largest absolute Gasteiger partial charge is 0.425 e. The van der Waals surface area contributed by atoms with Gasteiger partial charge in [0.25, 0.3) is 0 Å². The van der Waals surface area contributed by atoms with E-state index in [-0.39, 0.29) is 25.4 Å². The van der Waals surface area contributed by atoms with Crippen LogP contribution >= 0.6 is 7.60 Å². The van der Waals surface area contributed by atoms with Gasteiger partial charge in [0, 0.05) is 20.0 Å². The number of carbonyl (C=O) groups excluding carboxylic acids is 2. The van der Waals surface area contributed by atoms with E-state index in [4.69, 9.17) is 14.4 Å². The molecular weight excluding hydrogens is 275 g/mol. The predicted molar refractivity (Wildman–Crippen MR) is 67.4 cm³/mol. The smallest absolute Gasteiger partial charge is 0.325 e. The Hall–Kier alpha value is -0.910. The van der Waals surface area contributed by atoms with Gasteiger partial charge in [-0.1, -0.05) is 13.8 Å². The van der Waals surface area contributed by atoms with E-state index in [1.165, 1.54) is 6.92 Å². The molecule has 0 aromatic carbocycles. The third kappa shape index (κ3) is 10.7. The molecule has 1 N–H and O–H groups in total. The van der Waals surface area contributed by atoms with Crippen LogP contribution in [-0.4, -0.2) is 36.4 Å². The van der Waals surface area contributed by atoms with Crippen LogP contribution in [0.4, 0.5) is 0 Å². The fourth-order valence-electron chi connectivity index (χ4n) is 1.02. The molecule has 0 spiro atoms. The summed E-state index contributed by atoms with van der Waals surface area (Å²) < 4.78 is 25.1. The molecule has 7 nitrogen and oxygen atoms in total. The van der Waals surface area contributed by atoms with E-state index < -0.39 is 25.8 Å². The molecule has 0 aliphatic rings. The highest BCUT2D eigenvalue weighted by Gasteiger charge is 2.16. The Kier molecular flexibility index (Phi) is 7.90. The lowest BCUT2D eigenvalue weighted by Gasteiger charge is -2.15. The van der Waals surface area contributed by atoms with Crippen LogP contribution in [0, 0.1) is 5.92 Å². The molecule has 0 aromatic heterocycles. The molecule has 0 rings (SSSR count). The maximum Gasteiger partial charge on any atom is 0.325 e. The maximum atomic E-state index is 11.3. The lowest BCUT2D eigenvalue weighted by atomic mass is 10.2. The van der Waals surface area contributed by atoms with E-state index in [1.807, 2.05) is 0 Å². The highest BCUT2D eigenvalue weighted by Crippen LogP contribution is 2.36. The van der Waals surface area contributed by atoms with Gasteiger partial charge >= 0.3 is 19.5 Å². The van der Waals surface area contributed by atoms with Crippen LogP contribution in [0.15, 0.2) is 0 Å². The minimum atomic E-state index is -3.50. The maximum absolute atomic E-state index is 11.3. The summed E-state index contributed by atoms with van der Waals surface area (Å²) >= 11 is 0. The minimum Gasteiger partial charge on any atom is -0.425 e. The van der Waals surface area contributed by atoms with E-state index in [1.54, 1.807) is 13.8 Å². The van der Waals surface area contributed by atoms with Crippen LogP contribution in [0.1, 0.15) is 33.6 Å². The lowest BCUT2D eigenvalue weighted by molar-refractivity contribution is -0.186. The molecule has 2 atom stereocenters. The summed E-state index contributed by atoms with van der Waals surface area (Å²) in [7, 11) is -3.50. The molecule has 0 fully saturated rings. The second-order valence-corrected chi connectivity index (χ2v) is 6.25. The third-order valence-electron chi connectivity index (χ3n) is 1.91. The molecule has 8 heteroatoms. The molecule has 0 heterocycles. The van der Waals surface area contributed by atoms with Crippen LogP contribution in [-0.2, 0) is 28.2 Å². The average molecular weight is 296 g/mol. The van der Waals surface area contributed by atoms with Gasteiger partial charge in [0.05, 0.1) is 12.5 Å². The number of esters is 2. The first-order valence-corrected chi connectivity index (χ1v) is 7.99. The van der Waals surface area contributed by atoms with Crippen molar-refractivity contribution in [2.75, 3.05) is 13.3 Å². The zero-order valence-electron chi connectivity index (χ0n) is 11.6. The summed E-state index contributed by atoms with van der Waals surface area (Å²) in [5.41, 5.74) is 0. The summed E-state index contributed by atoms with van der Waals surface area (Å²) in [6.45, 7) is 5.85. The van der Waals surface area contributed by atoms with Crippen LogP contribution in [0.25, 0.3) is 0 Å². The van der Waals surface area contributed by atoms with Crippen LogP contribution in [0.2, 0.25) is 0 Å². The summed E-state index contributed by atoms with van der Waals surface area (Å²) in [5.74, 6) is -1.30. The Morgan fingerprint density at radius 1 is 1.21 bits per heavy atom. The number of hydrogen-bond acceptors (Lipinski definition) is 6. The van der Waals surface area contributed by atoms with Crippen LogP contribution in [0.3, 0.4) is 0 Å². The highest BCUT2D eigenvalue weighted by atomic mass is 31.2. The zero-order valence-corrected chi connectivity index (χ0v) is 12.5. The SMILES string of the molecule is CC(OC(=O)CCCOP(C)(=O)O)OC(=O)C(C)C. The first-order valence-electron chi connectivity index (χ1n) is 5.96. The number of carbonyl (C=O) groups is 2. The van der Waals surface area contributed by atoms with Gasteiger partial charge in [-0.2, -0.15) is 0 Å². The predicted octanol–water partition coefficient (Wildman–Crippen LogP) is 1.69. The van der Waals surface area contributed by atoms with Gasteiger partial charge in [0.15, 0.2) is 0 Å². The summed E-state index contributed by atoms with van der Waals surface area (Å²) in [5, 5.41) is 0. The fourth-order valence-corrected chi connectivity index (χ4v) is 1.49. The van der Waals surface area contributed by atoms with Gasteiger partial charge in [0.1, 0.15) is 0 Å². The van der Waals surface area contributed by atoms with Crippen molar-refractivity contribution in [2.45, 2.75) is 39.9 Å². The molecule has 0 saturated heterocycles. The van der Waals surface area contributed by atoms with E-state index in [0.717, 1.165) is 6.66 Å². The van der Waals surface area contributed by atoms with Gasteiger partial charge in [-0.3, -0.25) is 14.2 Å². The summed E-state index contributed by atoms with van der Waals surface area (Å²) in [6, 6.07) is 0. The van der Waals surface area contributed by atoms with Gasteiger partial charge in [-0.05, 0) is 6.42 Å². The molecule has 0 bridgehead atoms. The van der Waals surface area contributed by atoms with E-state index in [0.29, 0.717) is 0 Å². The topological polar surface area (TPSA) is 99.1 Å². The van der Waals surface area contributed by atoms with Crippen molar-refractivity contribution in [1.29, 1.82) is 0 Å². The van der Waals surface area contributed by atoms with Crippen LogP contribution < -0.4 is 0 Å². The number of ether oxygens (including phenoxy) is 2. The Bertz CT molecular complexity index is 347. The Morgan fingerprint density at radius 3 is 2.26 bits per heavy atom. The van der Waals surface area contributed by atoms with Crippen molar-refractivity contribution < 1.29 is 33.0 Å². The molecule has 0 amide bonds. The van der Waals surface area contributed by atoms with Crippen molar-refractivity contribution in [3.05, 3.63) is 0 Å². The second-order valence-electron chi connectivity index (χ2n) is 4.39. The van der Waals surface area contributed by atoms with E-state index in [2.05, 4.69) is 4.52 Å². The van der Waals surface area contributed by atoms with Gasteiger partial charge in [-0.25, -0.2) is 0 Å². The Morgan fingerprint density at radius 2 is 1.79 bits per heavy atom. The number of rotatable bonds is 8. The van der Waals surface area contributed by atoms with Gasteiger partial charge in [0.2, 0.25) is 6.29 Å². The number of hydrogen-bond donors (Lipinski definition) is 1. The highest BCUT2D eigenvalue weighted by molar-refractivity contribution is 7.51. The van der Waals surface area contributed by atoms with E-state index >= 15 is 0 Å². The third-order valence-corrected chi connectivity index (χ3v) is 2.57. The molecule has 0 saturated carbocycles. The minimum absolute atomic E-state index is 0.0143. The Labute approximate surface area is 112 Å². The molecule has 112 valence electrons. The van der Waals surface area contributed by atoms with Gasteiger partial charge < -0.3 is 18.9 Å². The second kappa shape index (κ2) is 8.30. The molecule has 0 aliphatic heterocycles. The molecule has 0 radical (unpaired) electrons. The fraction of sp³-hybridized carbons (Fsp3) is 0.818. The quantitative estimate of drug-likeness (QED) is 0.315. The van der Waals surface area contributed by atoms with Crippen molar-refractivity contribution in [2.24, 2.45) is 5.92 Å². The molecule has 0 aromatic rings. The van der Waals surface area contributed by atoms with Crippen molar-refractivity contribution in [3.63, 3.8) is 0 Å². The first kappa shape index (κ1) is 18.1. The Balaban J connectivity index is 3.80. The summed E-state index contributed by atoms with van der Waals surface area (Å²) in [6.07, 6.45) is -0.676. The lowest BCUT2D eigenvalue weighted by Crippen LogP contribution is -2.24. The van der Waals surface area contributed by atoms with Crippen molar-refractivity contribution >= 4 is 19.5 Å². The molecule has 19 heavy (non-hydrogen) atoms. The normalized spacial score (nSPS) is 15.7. The van der Waals surface area contributed by atoms with Gasteiger partial charge in [-0.15, -0.1) is 0 Å². The van der Waals surface area contributed by atoms with Crippen molar-refractivity contribution in [1.82, 2.24) is 0 Å². The molecule has 2 unspecified atom stereocenters. The standard InChI is InChI=1S/C11H21O7P/c1-8(2)11(13)18-9(3)17-10(12)6-5-7-16-19(4,14)15/h8-9H,5-7H2,1-4H3,(H,14,15). The van der Waals surface area contributed by atoms with E-state index in [9.17, 15) is 14.2 Å². The zero-order chi connectivity index (χ0) is 15.1. The summed E-state index contributed by atoms with van der Waals surface area (Å²) in [4.78, 5) is 31.4. The van der Waals surface area contributed by atoms with Crippen molar-refractivity contribution in [3.8, 4) is 0 Å². The molecular formula is C11H21O7P. The first-order chi connectivity index (χ1) is 8.61. The van der Waals surface area contributed by atoms with Crippen LogP contribution in [0.5, 0.6) is 0 Å². The molecule has 0 aliphatic carbocycles.